The van der Waals surface area contributed by atoms with Gasteiger partial charge in [0.15, 0.2) is 5.69 Å². The third kappa shape index (κ3) is 4.80. The van der Waals surface area contributed by atoms with Crippen LogP contribution in [0.5, 0.6) is 0 Å². The number of para-hydroxylation sites is 1. The molecule has 9 heteroatoms. The molecule has 0 fully saturated rings. The fraction of sp³-hybridized carbons (Fsp3) is 0.250. The molecule has 3 aromatic rings. The van der Waals surface area contributed by atoms with Gasteiger partial charge in [0.2, 0.25) is 5.43 Å². The van der Waals surface area contributed by atoms with Crippen LogP contribution in [0.3, 0.4) is 0 Å². The Labute approximate surface area is 188 Å². The summed E-state index contributed by atoms with van der Waals surface area (Å²) in [6.45, 7) is 5.17. The second-order valence-electron chi connectivity index (χ2n) is 7.43. The van der Waals surface area contributed by atoms with Gasteiger partial charge in [0.05, 0.1) is 28.9 Å². The van der Waals surface area contributed by atoms with Gasteiger partial charge in [-0.3, -0.25) is 9.59 Å². The molecule has 1 aromatic heterocycles. The first kappa shape index (κ1) is 23.7. The van der Waals surface area contributed by atoms with E-state index in [2.05, 4.69) is 5.10 Å². The van der Waals surface area contributed by atoms with Crippen LogP contribution in [0.15, 0.2) is 59.4 Å². The Kier molecular flexibility index (Phi) is 6.68. The molecule has 0 saturated heterocycles. The van der Waals surface area contributed by atoms with Crippen molar-refractivity contribution in [2.24, 2.45) is 0 Å². The van der Waals surface area contributed by atoms with Gasteiger partial charge < -0.3 is 4.90 Å². The Morgan fingerprint density at radius 3 is 2.39 bits per heavy atom. The van der Waals surface area contributed by atoms with Gasteiger partial charge in [0.25, 0.3) is 5.91 Å². The summed E-state index contributed by atoms with van der Waals surface area (Å²) < 4.78 is 41.6. The molecular formula is C24H21F3N4O2. The number of amides is 1. The first-order valence-corrected chi connectivity index (χ1v) is 10.2. The number of hydrogen-bond acceptors (Lipinski definition) is 4. The Bertz CT molecular complexity index is 1270. The highest BCUT2D eigenvalue weighted by Crippen LogP contribution is 2.33. The Hall–Kier alpha value is -3.93. The summed E-state index contributed by atoms with van der Waals surface area (Å²) in [6, 6.07) is 14.2. The lowest BCUT2D eigenvalue weighted by molar-refractivity contribution is -0.137. The highest BCUT2D eigenvalue weighted by molar-refractivity contribution is 5.92. The molecule has 0 bridgehead atoms. The molecule has 1 heterocycles. The van der Waals surface area contributed by atoms with E-state index < -0.39 is 34.8 Å². The quantitative estimate of drug-likeness (QED) is 0.562. The minimum absolute atomic E-state index is 0.163. The van der Waals surface area contributed by atoms with E-state index in [-0.39, 0.29) is 17.9 Å². The molecule has 33 heavy (non-hydrogen) atoms. The van der Waals surface area contributed by atoms with E-state index in [0.717, 1.165) is 22.4 Å². The van der Waals surface area contributed by atoms with Crippen molar-refractivity contribution < 1.29 is 18.0 Å². The van der Waals surface area contributed by atoms with Gasteiger partial charge in [-0.25, -0.2) is 4.68 Å². The van der Waals surface area contributed by atoms with Crippen LogP contribution in [0, 0.1) is 18.3 Å². The molecule has 170 valence electrons. The first-order chi connectivity index (χ1) is 15.6. The number of nitriles is 1. The van der Waals surface area contributed by atoms with Crippen LogP contribution >= 0.6 is 0 Å². The number of rotatable bonds is 5. The molecule has 3 rings (SSSR count). The topological polar surface area (TPSA) is 79.0 Å². The molecule has 6 nitrogen and oxygen atoms in total. The molecule has 2 aromatic carbocycles. The average molecular weight is 454 g/mol. The van der Waals surface area contributed by atoms with Crippen LogP contribution < -0.4 is 5.43 Å². The zero-order chi connectivity index (χ0) is 24.3. The van der Waals surface area contributed by atoms with E-state index in [0.29, 0.717) is 5.56 Å². The zero-order valence-electron chi connectivity index (χ0n) is 18.2. The molecular weight excluding hydrogens is 433 g/mol. The maximum Gasteiger partial charge on any atom is 0.418 e. The largest absolute Gasteiger partial charge is 0.418 e. The van der Waals surface area contributed by atoms with Crippen molar-refractivity contribution in [2.45, 2.75) is 33.0 Å². The predicted molar refractivity (Wildman–Crippen MR) is 116 cm³/mol. The zero-order valence-corrected chi connectivity index (χ0v) is 18.2. The SMILES string of the molecule is CCN(C(=O)c1nn(-c2ccccc2C(F)(F)F)c(C)cc1=O)[C@@H](C)c1ccc(C#N)cc1. The molecule has 0 N–H and O–H groups in total. The summed E-state index contributed by atoms with van der Waals surface area (Å²) in [6.07, 6.45) is -4.64. The van der Waals surface area contributed by atoms with Crippen LogP contribution in [0.1, 0.15) is 52.8 Å². The van der Waals surface area contributed by atoms with Crippen LogP contribution in [0.4, 0.5) is 13.2 Å². The minimum Gasteiger partial charge on any atom is -0.331 e. The number of carbonyl (C=O) groups excluding carboxylic acids is 1. The van der Waals surface area contributed by atoms with Gasteiger partial charge >= 0.3 is 6.18 Å². The van der Waals surface area contributed by atoms with Crippen molar-refractivity contribution in [1.29, 1.82) is 5.26 Å². The van der Waals surface area contributed by atoms with E-state index in [1.54, 1.807) is 38.1 Å². The monoisotopic (exact) mass is 454 g/mol. The number of benzene rings is 2. The lowest BCUT2D eigenvalue weighted by Crippen LogP contribution is -2.38. The third-order valence-electron chi connectivity index (χ3n) is 5.34. The second kappa shape index (κ2) is 9.28. The summed E-state index contributed by atoms with van der Waals surface area (Å²) >= 11 is 0. The number of hydrogen-bond donors (Lipinski definition) is 0. The molecule has 1 atom stereocenters. The van der Waals surface area contributed by atoms with Crippen LogP contribution in [0.25, 0.3) is 5.69 Å². The lowest BCUT2D eigenvalue weighted by Gasteiger charge is -2.28. The number of halogens is 3. The summed E-state index contributed by atoms with van der Waals surface area (Å²) in [4.78, 5) is 27.3. The Morgan fingerprint density at radius 1 is 1.18 bits per heavy atom. The maximum atomic E-state index is 13.5. The number of aryl methyl sites for hydroxylation is 1. The van der Waals surface area contributed by atoms with E-state index >= 15 is 0 Å². The summed E-state index contributed by atoms with van der Waals surface area (Å²) in [5, 5.41) is 13.0. The van der Waals surface area contributed by atoms with Gasteiger partial charge in [-0.15, -0.1) is 0 Å². The number of carbonyl (C=O) groups is 1. The van der Waals surface area contributed by atoms with Crippen molar-refractivity contribution in [1.82, 2.24) is 14.7 Å². The molecule has 0 aliphatic heterocycles. The van der Waals surface area contributed by atoms with Crippen molar-refractivity contribution in [3.8, 4) is 11.8 Å². The van der Waals surface area contributed by atoms with Gasteiger partial charge in [0, 0.05) is 18.3 Å². The molecule has 0 aliphatic carbocycles. The van der Waals surface area contributed by atoms with Crippen molar-refractivity contribution in [3.05, 3.63) is 92.9 Å². The first-order valence-electron chi connectivity index (χ1n) is 10.2. The molecule has 0 saturated carbocycles. The van der Waals surface area contributed by atoms with Crippen LogP contribution in [0.2, 0.25) is 0 Å². The highest BCUT2D eigenvalue weighted by atomic mass is 19.4. The van der Waals surface area contributed by atoms with Gasteiger partial charge in [-0.2, -0.15) is 23.5 Å². The summed E-state index contributed by atoms with van der Waals surface area (Å²) in [5.74, 6) is -0.697. The van der Waals surface area contributed by atoms with Crippen LogP contribution in [-0.2, 0) is 6.18 Å². The average Bonchev–Trinajstić information content (AvgIpc) is 2.79. The molecule has 0 aliphatic rings. The minimum atomic E-state index is -4.64. The smallest absolute Gasteiger partial charge is 0.331 e. The fourth-order valence-electron chi connectivity index (χ4n) is 3.58. The summed E-state index contributed by atoms with van der Waals surface area (Å²) in [7, 11) is 0. The van der Waals surface area contributed by atoms with Gasteiger partial charge in [-0.05, 0) is 50.6 Å². The van der Waals surface area contributed by atoms with E-state index in [1.165, 1.54) is 30.0 Å². The number of nitrogens with zero attached hydrogens (tertiary/aromatic N) is 4. The van der Waals surface area contributed by atoms with E-state index in [1.807, 2.05) is 6.07 Å². The van der Waals surface area contributed by atoms with E-state index in [4.69, 9.17) is 5.26 Å². The standard InChI is InChI=1S/C24H21F3N4O2/c1-4-30(16(3)18-11-9-17(14-28)10-12-18)23(33)22-21(32)13-15(2)31(29-22)20-8-6-5-7-19(20)24(25,26)27/h5-13,16H,4H2,1-3H3/t16-/m0/s1. The highest BCUT2D eigenvalue weighted by Gasteiger charge is 2.34. The van der Waals surface area contributed by atoms with Gasteiger partial charge in [-0.1, -0.05) is 24.3 Å². The van der Waals surface area contributed by atoms with E-state index in [9.17, 15) is 22.8 Å². The lowest BCUT2D eigenvalue weighted by atomic mass is 10.0. The molecule has 0 radical (unpaired) electrons. The Balaban J connectivity index is 2.07. The summed E-state index contributed by atoms with van der Waals surface area (Å²) in [5.41, 5.74) is -0.994. The van der Waals surface area contributed by atoms with Crippen molar-refractivity contribution in [2.75, 3.05) is 6.54 Å². The fourth-order valence-corrected chi connectivity index (χ4v) is 3.58. The normalized spacial score (nSPS) is 12.2. The molecule has 0 unspecified atom stereocenters. The number of aromatic nitrogens is 2. The van der Waals surface area contributed by atoms with Crippen LogP contribution in [-0.4, -0.2) is 27.1 Å². The maximum absolute atomic E-state index is 13.5. The molecule has 1 amide bonds. The molecule has 0 spiro atoms. The number of alkyl halides is 3. The van der Waals surface area contributed by atoms with Gasteiger partial charge in [0.1, 0.15) is 0 Å². The third-order valence-corrected chi connectivity index (χ3v) is 5.34. The van der Waals surface area contributed by atoms with Crippen molar-refractivity contribution >= 4 is 5.91 Å². The predicted octanol–water partition coefficient (Wildman–Crippen LogP) is 4.65. The Morgan fingerprint density at radius 2 is 1.82 bits per heavy atom. The second-order valence-corrected chi connectivity index (χ2v) is 7.43. The van der Waals surface area contributed by atoms with Crippen molar-refractivity contribution in [3.63, 3.8) is 0 Å².